The summed E-state index contributed by atoms with van der Waals surface area (Å²) >= 11 is 1.63. The Morgan fingerprint density at radius 2 is 2.23 bits per heavy atom. The Kier molecular flexibility index (Phi) is 5.00. The number of aliphatic imine (C=N–C) groups is 1. The summed E-state index contributed by atoms with van der Waals surface area (Å²) in [6, 6.07) is 10.5. The van der Waals surface area contributed by atoms with E-state index in [1.165, 1.54) is 12.5 Å². The van der Waals surface area contributed by atoms with Crippen molar-refractivity contribution >= 4 is 22.9 Å². The lowest BCUT2D eigenvalue weighted by atomic mass is 10.1. The summed E-state index contributed by atoms with van der Waals surface area (Å²) in [5, 5.41) is 4.37. The van der Waals surface area contributed by atoms with Gasteiger partial charge in [0.2, 0.25) is 0 Å². The van der Waals surface area contributed by atoms with Crippen LogP contribution in [0.2, 0.25) is 0 Å². The smallest absolute Gasteiger partial charge is 0.302 e. The van der Waals surface area contributed by atoms with Crippen LogP contribution in [0, 0.1) is 0 Å². The van der Waals surface area contributed by atoms with Crippen LogP contribution in [0.3, 0.4) is 0 Å². The van der Waals surface area contributed by atoms with Crippen molar-refractivity contribution in [1.82, 2.24) is 5.32 Å². The number of benzene rings is 1. The molecule has 1 aromatic rings. The van der Waals surface area contributed by atoms with Crippen LogP contribution < -0.4 is 5.32 Å². The van der Waals surface area contributed by atoms with Gasteiger partial charge in [-0.1, -0.05) is 42.1 Å². The van der Waals surface area contributed by atoms with Crippen LogP contribution in [0.5, 0.6) is 0 Å². The first kappa shape index (κ1) is 15.4. The fraction of sp³-hybridized carbons (Fsp3) is 0.500. The van der Waals surface area contributed by atoms with E-state index >= 15 is 0 Å². The molecular formula is C16H20N2O3S. The first-order valence-electron chi connectivity index (χ1n) is 7.51. The van der Waals surface area contributed by atoms with E-state index in [0.29, 0.717) is 19.2 Å². The van der Waals surface area contributed by atoms with Crippen molar-refractivity contribution in [3.05, 3.63) is 35.9 Å². The van der Waals surface area contributed by atoms with Gasteiger partial charge in [0.1, 0.15) is 12.0 Å². The minimum Gasteiger partial charge on any atom is -0.463 e. The van der Waals surface area contributed by atoms with Crippen LogP contribution in [-0.4, -0.2) is 35.3 Å². The van der Waals surface area contributed by atoms with E-state index in [-0.39, 0.29) is 17.5 Å². The molecule has 2 fully saturated rings. The number of hydrogen-bond donors (Lipinski definition) is 1. The number of fused-ring (bicyclic) bond motifs is 1. The minimum absolute atomic E-state index is 0.00655. The molecule has 22 heavy (non-hydrogen) atoms. The molecule has 2 heterocycles. The van der Waals surface area contributed by atoms with Gasteiger partial charge in [-0.05, 0) is 18.4 Å². The standard InChI is InChI=1S/C16H20N2O3S/c1-11(19)20-10-13-7-8-14-15(21-13)22-16(18-14)17-9-12-5-3-2-4-6-12/h2-6,13-15H,7-10H2,1H3,(H,17,18)/t13-,14-,15-/m1/s1. The maximum absolute atomic E-state index is 10.9. The zero-order valence-electron chi connectivity index (χ0n) is 12.5. The molecule has 0 spiro atoms. The summed E-state index contributed by atoms with van der Waals surface area (Å²) in [5.74, 6) is -0.256. The molecule has 3 atom stereocenters. The maximum Gasteiger partial charge on any atom is 0.302 e. The van der Waals surface area contributed by atoms with Crippen LogP contribution in [-0.2, 0) is 20.8 Å². The predicted octanol–water partition coefficient (Wildman–Crippen LogP) is 2.32. The van der Waals surface area contributed by atoms with Gasteiger partial charge in [0.25, 0.3) is 0 Å². The summed E-state index contributed by atoms with van der Waals surface area (Å²) in [7, 11) is 0. The molecule has 2 saturated heterocycles. The molecule has 2 aliphatic rings. The molecule has 0 aliphatic carbocycles. The highest BCUT2D eigenvalue weighted by Crippen LogP contribution is 2.33. The molecule has 3 rings (SSSR count). The van der Waals surface area contributed by atoms with Gasteiger partial charge in [-0.25, -0.2) is 0 Å². The van der Waals surface area contributed by atoms with Crippen molar-refractivity contribution in [3.63, 3.8) is 0 Å². The predicted molar refractivity (Wildman–Crippen MR) is 86.6 cm³/mol. The second-order valence-corrected chi connectivity index (χ2v) is 6.57. The first-order valence-corrected chi connectivity index (χ1v) is 8.39. The second-order valence-electron chi connectivity index (χ2n) is 5.48. The average molecular weight is 320 g/mol. The third-order valence-corrected chi connectivity index (χ3v) is 4.85. The van der Waals surface area contributed by atoms with Gasteiger partial charge in [0, 0.05) is 6.92 Å². The van der Waals surface area contributed by atoms with Crippen molar-refractivity contribution in [3.8, 4) is 0 Å². The third kappa shape index (κ3) is 4.01. The van der Waals surface area contributed by atoms with Gasteiger partial charge in [0.05, 0.1) is 18.7 Å². The van der Waals surface area contributed by atoms with Crippen molar-refractivity contribution < 1.29 is 14.3 Å². The summed E-state index contributed by atoms with van der Waals surface area (Å²) in [5.41, 5.74) is 1.25. The van der Waals surface area contributed by atoms with Gasteiger partial charge < -0.3 is 14.8 Å². The molecule has 0 radical (unpaired) electrons. The topological polar surface area (TPSA) is 59.9 Å². The summed E-state index contributed by atoms with van der Waals surface area (Å²) in [6.45, 7) is 2.44. The van der Waals surface area contributed by atoms with Crippen LogP contribution in [0.4, 0.5) is 0 Å². The Hall–Kier alpha value is -1.53. The van der Waals surface area contributed by atoms with Crippen LogP contribution >= 0.6 is 11.8 Å². The SMILES string of the molecule is CC(=O)OC[C@H]1CC[C@H]2NC(=NCc3ccccc3)S[C@H]2O1. The van der Waals surface area contributed by atoms with Crippen molar-refractivity contribution in [2.24, 2.45) is 4.99 Å². The molecule has 1 aromatic carbocycles. The van der Waals surface area contributed by atoms with Crippen molar-refractivity contribution in [2.45, 2.75) is 43.9 Å². The first-order chi connectivity index (χ1) is 10.7. The number of esters is 1. The van der Waals surface area contributed by atoms with Crippen molar-refractivity contribution in [1.29, 1.82) is 0 Å². The zero-order chi connectivity index (χ0) is 15.4. The van der Waals surface area contributed by atoms with E-state index < -0.39 is 0 Å². The quantitative estimate of drug-likeness (QED) is 0.863. The monoisotopic (exact) mass is 320 g/mol. The number of nitrogens with zero attached hydrogens (tertiary/aromatic N) is 1. The fourth-order valence-electron chi connectivity index (χ4n) is 2.57. The summed E-state index contributed by atoms with van der Waals surface area (Å²) in [6.07, 6.45) is 1.90. The van der Waals surface area contributed by atoms with E-state index in [1.54, 1.807) is 11.8 Å². The number of carbonyl (C=O) groups excluding carboxylic acids is 1. The molecule has 5 nitrogen and oxygen atoms in total. The largest absolute Gasteiger partial charge is 0.463 e. The lowest BCUT2D eigenvalue weighted by Gasteiger charge is -2.30. The van der Waals surface area contributed by atoms with Crippen molar-refractivity contribution in [2.75, 3.05) is 6.61 Å². The highest BCUT2D eigenvalue weighted by atomic mass is 32.2. The molecule has 6 heteroatoms. The number of carbonyl (C=O) groups is 1. The highest BCUT2D eigenvalue weighted by molar-refractivity contribution is 8.14. The number of hydrogen-bond acceptors (Lipinski definition) is 5. The normalized spacial score (nSPS) is 29.0. The van der Waals surface area contributed by atoms with Gasteiger partial charge in [-0.3, -0.25) is 9.79 Å². The molecule has 118 valence electrons. The van der Waals surface area contributed by atoms with Gasteiger partial charge in [0.15, 0.2) is 5.17 Å². The Bertz CT molecular complexity index is 550. The van der Waals surface area contributed by atoms with E-state index in [0.717, 1.165) is 18.0 Å². The van der Waals surface area contributed by atoms with Crippen LogP contribution in [0.25, 0.3) is 0 Å². The lowest BCUT2D eigenvalue weighted by molar-refractivity contribution is -0.147. The zero-order valence-corrected chi connectivity index (χ0v) is 13.3. The van der Waals surface area contributed by atoms with E-state index in [2.05, 4.69) is 22.4 Å². The van der Waals surface area contributed by atoms with E-state index in [9.17, 15) is 4.79 Å². The molecule has 0 aromatic heterocycles. The average Bonchev–Trinajstić information content (AvgIpc) is 2.94. The fourth-order valence-corrected chi connectivity index (χ4v) is 3.73. The molecule has 0 saturated carbocycles. The van der Waals surface area contributed by atoms with Crippen LogP contribution in [0.1, 0.15) is 25.3 Å². The number of thioether (sulfide) groups is 1. The molecular weight excluding hydrogens is 300 g/mol. The highest BCUT2D eigenvalue weighted by Gasteiger charge is 2.38. The lowest BCUT2D eigenvalue weighted by Crippen LogP contribution is -2.41. The minimum atomic E-state index is -0.256. The van der Waals surface area contributed by atoms with Gasteiger partial charge in [-0.15, -0.1) is 0 Å². The van der Waals surface area contributed by atoms with E-state index in [1.807, 2.05) is 18.2 Å². The Morgan fingerprint density at radius 1 is 1.41 bits per heavy atom. The third-order valence-electron chi connectivity index (χ3n) is 3.71. The Labute approximate surface area is 134 Å². The van der Waals surface area contributed by atoms with E-state index in [4.69, 9.17) is 9.47 Å². The summed E-state index contributed by atoms with van der Waals surface area (Å²) < 4.78 is 11.0. The Morgan fingerprint density at radius 3 is 3.00 bits per heavy atom. The maximum atomic E-state index is 10.9. The molecule has 2 aliphatic heterocycles. The van der Waals surface area contributed by atoms with Crippen LogP contribution in [0.15, 0.2) is 35.3 Å². The second kappa shape index (κ2) is 7.15. The number of rotatable bonds is 4. The van der Waals surface area contributed by atoms with Gasteiger partial charge >= 0.3 is 5.97 Å². The summed E-state index contributed by atoms with van der Waals surface area (Å²) in [4.78, 5) is 15.5. The molecule has 1 N–H and O–H groups in total. The molecule has 0 bridgehead atoms. The Balaban J connectivity index is 1.52. The molecule has 0 unspecified atom stereocenters. The number of ether oxygens (including phenoxy) is 2. The molecule has 0 amide bonds. The number of amidine groups is 1. The number of nitrogens with one attached hydrogen (secondary N) is 1. The van der Waals surface area contributed by atoms with Gasteiger partial charge in [-0.2, -0.15) is 0 Å².